The molecule has 1 aromatic rings. The normalized spacial score (nSPS) is 12.3. The van der Waals surface area contributed by atoms with Crippen molar-refractivity contribution in [3.63, 3.8) is 0 Å². The fraction of sp³-hybridized carbons (Fsp3) is 0.500. The first kappa shape index (κ1) is 11.9. The van der Waals surface area contributed by atoms with Crippen LogP contribution in [0, 0.1) is 0 Å². The molecule has 0 amide bonds. The van der Waals surface area contributed by atoms with Gasteiger partial charge in [-0.2, -0.15) is 0 Å². The summed E-state index contributed by atoms with van der Waals surface area (Å²) in [5.41, 5.74) is 0.835. The van der Waals surface area contributed by atoms with Gasteiger partial charge in [0.15, 0.2) is 11.5 Å². The molecule has 0 bridgehead atoms. The van der Waals surface area contributed by atoms with Gasteiger partial charge in [-0.05, 0) is 38.5 Å². The first-order chi connectivity index (χ1) is 7.19. The summed E-state index contributed by atoms with van der Waals surface area (Å²) in [5.74, 6) is 1.42. The van der Waals surface area contributed by atoms with Gasteiger partial charge >= 0.3 is 0 Å². The Labute approximate surface area is 90.6 Å². The van der Waals surface area contributed by atoms with Gasteiger partial charge in [-0.1, -0.05) is 6.07 Å². The Morgan fingerprint density at radius 1 is 1.13 bits per heavy atom. The van der Waals surface area contributed by atoms with E-state index in [1.165, 1.54) is 0 Å². The molecule has 0 aliphatic carbocycles. The summed E-state index contributed by atoms with van der Waals surface area (Å²) >= 11 is 0. The highest BCUT2D eigenvalue weighted by molar-refractivity contribution is 5.43. The highest BCUT2D eigenvalue weighted by Gasteiger charge is 2.08. The minimum atomic E-state index is -0.486. The number of hydrogen-bond donors (Lipinski definition) is 1. The van der Waals surface area contributed by atoms with Gasteiger partial charge in [-0.15, -0.1) is 0 Å². The van der Waals surface area contributed by atoms with E-state index in [-0.39, 0.29) is 0 Å². The lowest BCUT2D eigenvalue weighted by Crippen LogP contribution is -2.00. The highest BCUT2D eigenvalue weighted by Crippen LogP contribution is 2.30. The lowest BCUT2D eigenvalue weighted by atomic mass is 10.1. The largest absolute Gasteiger partial charge is 0.490 e. The predicted octanol–water partition coefficient (Wildman–Crippen LogP) is 2.54. The molecule has 0 radical (unpaired) electrons. The van der Waals surface area contributed by atoms with Crippen LogP contribution >= 0.6 is 0 Å². The van der Waals surface area contributed by atoms with Gasteiger partial charge in [0, 0.05) is 0 Å². The molecule has 0 heterocycles. The van der Waals surface area contributed by atoms with Crippen LogP contribution in [0.5, 0.6) is 11.5 Å². The molecule has 0 fully saturated rings. The quantitative estimate of drug-likeness (QED) is 0.811. The van der Waals surface area contributed by atoms with Crippen molar-refractivity contribution in [1.29, 1.82) is 0 Å². The SMILES string of the molecule is CCOc1ccc([C@H](C)O)cc1OCC. The predicted molar refractivity (Wildman–Crippen MR) is 59.4 cm³/mol. The maximum atomic E-state index is 9.44. The van der Waals surface area contributed by atoms with Gasteiger partial charge in [0.25, 0.3) is 0 Å². The van der Waals surface area contributed by atoms with E-state index in [1.54, 1.807) is 6.92 Å². The van der Waals surface area contributed by atoms with Crippen LogP contribution in [0.4, 0.5) is 0 Å². The molecule has 0 spiro atoms. The number of benzene rings is 1. The third kappa shape index (κ3) is 3.13. The van der Waals surface area contributed by atoms with Crippen molar-refractivity contribution in [2.45, 2.75) is 26.9 Å². The van der Waals surface area contributed by atoms with Crippen molar-refractivity contribution in [1.82, 2.24) is 0 Å². The average Bonchev–Trinajstić information content (AvgIpc) is 2.21. The minimum Gasteiger partial charge on any atom is -0.490 e. The Morgan fingerprint density at radius 3 is 2.27 bits per heavy atom. The second kappa shape index (κ2) is 5.61. The van der Waals surface area contributed by atoms with Crippen LogP contribution in [0.15, 0.2) is 18.2 Å². The van der Waals surface area contributed by atoms with Gasteiger partial charge < -0.3 is 14.6 Å². The first-order valence-corrected chi connectivity index (χ1v) is 5.26. The number of hydrogen-bond acceptors (Lipinski definition) is 3. The lowest BCUT2D eigenvalue weighted by molar-refractivity contribution is 0.198. The topological polar surface area (TPSA) is 38.7 Å². The Balaban J connectivity index is 2.97. The van der Waals surface area contributed by atoms with Crippen LogP contribution in [0.2, 0.25) is 0 Å². The third-order valence-corrected chi connectivity index (χ3v) is 2.05. The molecule has 0 aliphatic heterocycles. The third-order valence-electron chi connectivity index (χ3n) is 2.05. The number of rotatable bonds is 5. The van der Waals surface area contributed by atoms with Gasteiger partial charge in [-0.3, -0.25) is 0 Å². The smallest absolute Gasteiger partial charge is 0.161 e. The Hall–Kier alpha value is -1.22. The van der Waals surface area contributed by atoms with Gasteiger partial charge in [0.05, 0.1) is 19.3 Å². The van der Waals surface area contributed by atoms with Crippen LogP contribution < -0.4 is 9.47 Å². The van der Waals surface area contributed by atoms with Crippen LogP contribution in [0.1, 0.15) is 32.4 Å². The maximum absolute atomic E-state index is 9.44. The van der Waals surface area contributed by atoms with E-state index < -0.39 is 6.10 Å². The molecule has 1 rings (SSSR count). The van der Waals surface area contributed by atoms with Crippen molar-refractivity contribution < 1.29 is 14.6 Å². The number of aliphatic hydroxyl groups is 1. The van der Waals surface area contributed by atoms with Crippen molar-refractivity contribution >= 4 is 0 Å². The second-order valence-corrected chi connectivity index (χ2v) is 3.25. The molecule has 1 atom stereocenters. The number of aliphatic hydroxyl groups excluding tert-OH is 1. The molecule has 1 N–H and O–H groups in total. The molecule has 0 unspecified atom stereocenters. The first-order valence-electron chi connectivity index (χ1n) is 5.26. The van der Waals surface area contributed by atoms with Gasteiger partial charge in [0.2, 0.25) is 0 Å². The van der Waals surface area contributed by atoms with Crippen LogP contribution in [-0.2, 0) is 0 Å². The number of ether oxygens (including phenoxy) is 2. The minimum absolute atomic E-state index is 0.486. The fourth-order valence-electron chi connectivity index (χ4n) is 1.33. The van der Waals surface area contributed by atoms with Crippen molar-refractivity contribution in [2.24, 2.45) is 0 Å². The van der Waals surface area contributed by atoms with Crippen molar-refractivity contribution in [3.05, 3.63) is 23.8 Å². The standard InChI is InChI=1S/C12H18O3/c1-4-14-11-7-6-10(9(3)13)8-12(11)15-5-2/h6-9,13H,4-5H2,1-3H3/t9-/m0/s1. The zero-order chi connectivity index (χ0) is 11.3. The van der Waals surface area contributed by atoms with E-state index in [9.17, 15) is 5.11 Å². The van der Waals surface area contributed by atoms with E-state index in [0.717, 1.165) is 11.3 Å². The van der Waals surface area contributed by atoms with E-state index in [4.69, 9.17) is 9.47 Å². The van der Waals surface area contributed by atoms with Crippen LogP contribution in [-0.4, -0.2) is 18.3 Å². The van der Waals surface area contributed by atoms with Crippen LogP contribution in [0.3, 0.4) is 0 Å². The summed E-state index contributed by atoms with van der Waals surface area (Å²) in [6, 6.07) is 5.49. The second-order valence-electron chi connectivity index (χ2n) is 3.25. The highest BCUT2D eigenvalue weighted by atomic mass is 16.5. The van der Waals surface area contributed by atoms with Gasteiger partial charge in [-0.25, -0.2) is 0 Å². The van der Waals surface area contributed by atoms with E-state index in [1.807, 2.05) is 32.0 Å². The summed E-state index contributed by atoms with van der Waals surface area (Å²) in [6.07, 6.45) is -0.486. The lowest BCUT2D eigenvalue weighted by Gasteiger charge is -2.13. The Morgan fingerprint density at radius 2 is 1.73 bits per heavy atom. The monoisotopic (exact) mass is 210 g/mol. The molecule has 84 valence electrons. The van der Waals surface area contributed by atoms with Gasteiger partial charge in [0.1, 0.15) is 0 Å². The molecule has 0 aliphatic rings. The van der Waals surface area contributed by atoms with Crippen LogP contribution in [0.25, 0.3) is 0 Å². The molecule has 1 aromatic carbocycles. The summed E-state index contributed by atoms with van der Waals surface area (Å²) in [4.78, 5) is 0. The Kier molecular flexibility index (Phi) is 4.43. The Bertz CT molecular complexity index is 308. The van der Waals surface area contributed by atoms with E-state index >= 15 is 0 Å². The molecule has 3 nitrogen and oxygen atoms in total. The average molecular weight is 210 g/mol. The summed E-state index contributed by atoms with van der Waals surface area (Å²) in [6.45, 7) is 6.77. The molecule has 0 aromatic heterocycles. The molecule has 0 saturated carbocycles. The molecular weight excluding hydrogens is 192 g/mol. The maximum Gasteiger partial charge on any atom is 0.161 e. The zero-order valence-corrected chi connectivity index (χ0v) is 9.49. The summed E-state index contributed by atoms with van der Waals surface area (Å²) in [5, 5.41) is 9.44. The van der Waals surface area contributed by atoms with E-state index in [0.29, 0.717) is 19.0 Å². The summed E-state index contributed by atoms with van der Waals surface area (Å²) in [7, 11) is 0. The van der Waals surface area contributed by atoms with Crippen molar-refractivity contribution in [3.8, 4) is 11.5 Å². The molecule has 15 heavy (non-hydrogen) atoms. The fourth-order valence-corrected chi connectivity index (χ4v) is 1.33. The van der Waals surface area contributed by atoms with E-state index in [2.05, 4.69) is 0 Å². The van der Waals surface area contributed by atoms with Crippen molar-refractivity contribution in [2.75, 3.05) is 13.2 Å². The molecule has 3 heteroatoms. The zero-order valence-electron chi connectivity index (χ0n) is 9.49. The molecular formula is C12H18O3. The molecule has 0 saturated heterocycles. The summed E-state index contributed by atoms with van der Waals surface area (Å²) < 4.78 is 10.9.